The molecule has 182 valence electrons. The van der Waals surface area contributed by atoms with Crippen LogP contribution in [-0.4, -0.2) is 42.0 Å². The third-order valence-electron chi connectivity index (χ3n) is 5.76. The van der Waals surface area contributed by atoms with E-state index < -0.39 is 0 Å². The van der Waals surface area contributed by atoms with E-state index in [0.717, 1.165) is 10.9 Å². The summed E-state index contributed by atoms with van der Waals surface area (Å²) in [6.07, 6.45) is 5.67. The van der Waals surface area contributed by atoms with Crippen LogP contribution in [0.2, 0.25) is 0 Å². The SMILES string of the molecule is C#Cc1cc(C(=O)CCC(=O)c2ccc(OCCO)c(OC)c2)nc(-c2csc3c(C)cccc23)c1. The fourth-order valence-electron chi connectivity index (χ4n) is 3.91. The molecule has 0 fully saturated rings. The lowest BCUT2D eigenvalue weighted by Crippen LogP contribution is -2.08. The second kappa shape index (κ2) is 11.2. The van der Waals surface area contributed by atoms with Crippen LogP contribution in [0.5, 0.6) is 11.5 Å². The van der Waals surface area contributed by atoms with Crippen LogP contribution in [0.3, 0.4) is 0 Å². The summed E-state index contributed by atoms with van der Waals surface area (Å²) in [6, 6.07) is 14.3. The van der Waals surface area contributed by atoms with Gasteiger partial charge in [-0.1, -0.05) is 24.1 Å². The van der Waals surface area contributed by atoms with Gasteiger partial charge in [0.15, 0.2) is 23.1 Å². The number of aliphatic hydroxyl groups is 1. The molecule has 0 saturated carbocycles. The summed E-state index contributed by atoms with van der Waals surface area (Å²) in [5, 5.41) is 12.0. The van der Waals surface area contributed by atoms with Crippen molar-refractivity contribution in [2.75, 3.05) is 20.3 Å². The number of terminal acetylenes is 1. The fraction of sp³-hybridized carbons (Fsp3) is 0.207. The van der Waals surface area contributed by atoms with Crippen molar-refractivity contribution in [3.05, 3.63) is 76.3 Å². The van der Waals surface area contributed by atoms with Crippen molar-refractivity contribution in [2.24, 2.45) is 0 Å². The third kappa shape index (κ3) is 5.30. The van der Waals surface area contributed by atoms with Crippen molar-refractivity contribution >= 4 is 33.0 Å². The average Bonchev–Trinajstić information content (AvgIpc) is 3.35. The van der Waals surface area contributed by atoms with Gasteiger partial charge in [-0.15, -0.1) is 17.8 Å². The molecule has 0 saturated heterocycles. The number of aromatic nitrogens is 1. The van der Waals surface area contributed by atoms with Crippen LogP contribution in [0, 0.1) is 19.3 Å². The quantitative estimate of drug-likeness (QED) is 0.230. The van der Waals surface area contributed by atoms with Crippen molar-refractivity contribution in [2.45, 2.75) is 19.8 Å². The number of aliphatic hydroxyl groups excluding tert-OH is 1. The van der Waals surface area contributed by atoms with E-state index in [1.165, 1.54) is 17.4 Å². The van der Waals surface area contributed by atoms with Crippen LogP contribution >= 0.6 is 11.3 Å². The smallest absolute Gasteiger partial charge is 0.181 e. The Balaban J connectivity index is 1.53. The van der Waals surface area contributed by atoms with E-state index in [-0.39, 0.29) is 43.3 Å². The molecule has 0 bridgehead atoms. The van der Waals surface area contributed by atoms with Gasteiger partial charge in [-0.05, 0) is 42.8 Å². The molecular weight excluding hydrogens is 474 g/mol. The van der Waals surface area contributed by atoms with Gasteiger partial charge in [-0.2, -0.15) is 0 Å². The minimum Gasteiger partial charge on any atom is -0.493 e. The molecule has 7 heteroatoms. The highest BCUT2D eigenvalue weighted by atomic mass is 32.1. The summed E-state index contributed by atoms with van der Waals surface area (Å²) in [5.74, 6) is 2.96. The number of pyridine rings is 1. The van der Waals surface area contributed by atoms with Gasteiger partial charge in [-0.3, -0.25) is 9.59 Å². The second-order valence-corrected chi connectivity index (χ2v) is 9.04. The highest BCUT2D eigenvalue weighted by Crippen LogP contribution is 2.35. The van der Waals surface area contributed by atoms with Crippen molar-refractivity contribution < 1.29 is 24.2 Å². The summed E-state index contributed by atoms with van der Waals surface area (Å²) >= 11 is 1.63. The average molecular weight is 500 g/mol. The predicted molar refractivity (Wildman–Crippen MR) is 141 cm³/mol. The predicted octanol–water partition coefficient (Wildman–Crippen LogP) is 5.48. The normalized spacial score (nSPS) is 10.7. The Morgan fingerprint density at radius 2 is 1.89 bits per heavy atom. The van der Waals surface area contributed by atoms with E-state index in [2.05, 4.69) is 23.9 Å². The maximum Gasteiger partial charge on any atom is 0.181 e. The van der Waals surface area contributed by atoms with Crippen LogP contribution < -0.4 is 9.47 Å². The Morgan fingerprint density at radius 3 is 2.64 bits per heavy atom. The van der Waals surface area contributed by atoms with Crippen molar-refractivity contribution in [3.8, 4) is 35.1 Å². The number of aryl methyl sites for hydroxylation is 1. The van der Waals surface area contributed by atoms with Gasteiger partial charge >= 0.3 is 0 Å². The molecule has 1 N–H and O–H groups in total. The molecule has 0 aliphatic heterocycles. The molecule has 0 unspecified atom stereocenters. The van der Waals surface area contributed by atoms with Crippen molar-refractivity contribution in [1.82, 2.24) is 4.98 Å². The Morgan fingerprint density at radius 1 is 1.08 bits per heavy atom. The second-order valence-electron chi connectivity index (χ2n) is 8.16. The maximum atomic E-state index is 13.0. The first-order chi connectivity index (χ1) is 17.4. The number of carbonyl (C=O) groups is 2. The van der Waals surface area contributed by atoms with E-state index >= 15 is 0 Å². The van der Waals surface area contributed by atoms with Gasteiger partial charge in [0.1, 0.15) is 12.3 Å². The molecule has 4 aromatic rings. The van der Waals surface area contributed by atoms with E-state index in [4.69, 9.17) is 21.0 Å². The molecule has 2 aromatic carbocycles. The number of benzene rings is 2. The number of nitrogens with zero attached hydrogens (tertiary/aromatic N) is 1. The van der Waals surface area contributed by atoms with Crippen LogP contribution in [0.1, 0.15) is 44.8 Å². The summed E-state index contributed by atoms with van der Waals surface area (Å²) < 4.78 is 11.9. The zero-order valence-corrected chi connectivity index (χ0v) is 20.9. The summed E-state index contributed by atoms with van der Waals surface area (Å²) in [5.41, 5.74) is 3.95. The summed E-state index contributed by atoms with van der Waals surface area (Å²) in [4.78, 5) is 30.4. The molecule has 0 radical (unpaired) electrons. The minimum atomic E-state index is -0.257. The Kier molecular flexibility index (Phi) is 7.79. The number of hydrogen-bond acceptors (Lipinski definition) is 7. The first-order valence-electron chi connectivity index (χ1n) is 11.4. The first kappa shape index (κ1) is 25.1. The zero-order chi connectivity index (χ0) is 25.7. The fourth-order valence-corrected chi connectivity index (χ4v) is 4.95. The molecule has 36 heavy (non-hydrogen) atoms. The van der Waals surface area contributed by atoms with Gasteiger partial charge < -0.3 is 14.6 Å². The molecule has 2 heterocycles. The van der Waals surface area contributed by atoms with Gasteiger partial charge in [0, 0.05) is 45.0 Å². The number of thiophene rings is 1. The van der Waals surface area contributed by atoms with Gasteiger partial charge in [0.25, 0.3) is 0 Å². The molecule has 0 spiro atoms. The largest absolute Gasteiger partial charge is 0.493 e. The van der Waals surface area contributed by atoms with Crippen LogP contribution in [0.15, 0.2) is 53.9 Å². The van der Waals surface area contributed by atoms with E-state index in [9.17, 15) is 9.59 Å². The maximum absolute atomic E-state index is 13.0. The zero-order valence-electron chi connectivity index (χ0n) is 20.0. The van der Waals surface area contributed by atoms with Gasteiger partial charge in [0.05, 0.1) is 19.4 Å². The molecule has 0 aliphatic rings. The number of ketones is 2. The molecular formula is C29H25NO5S. The lowest BCUT2D eigenvalue weighted by molar-refractivity contribution is 0.0915. The van der Waals surface area contributed by atoms with Crippen molar-refractivity contribution in [1.29, 1.82) is 0 Å². The van der Waals surface area contributed by atoms with Crippen LogP contribution in [0.25, 0.3) is 21.3 Å². The summed E-state index contributed by atoms with van der Waals surface area (Å²) in [7, 11) is 1.47. The van der Waals surface area contributed by atoms with E-state index in [1.807, 2.05) is 17.5 Å². The molecule has 4 rings (SSSR count). The van der Waals surface area contributed by atoms with Gasteiger partial charge in [0.2, 0.25) is 0 Å². The molecule has 0 atom stereocenters. The minimum absolute atomic E-state index is 0.00608. The number of rotatable bonds is 10. The highest BCUT2D eigenvalue weighted by Gasteiger charge is 2.17. The number of hydrogen-bond donors (Lipinski definition) is 1. The van der Waals surface area contributed by atoms with Crippen LogP contribution in [-0.2, 0) is 0 Å². The number of Topliss-reactive ketones (excluding diaryl/α,β-unsaturated/α-hetero) is 2. The summed E-state index contributed by atoms with van der Waals surface area (Å²) in [6.45, 7) is 2.04. The van der Waals surface area contributed by atoms with Crippen molar-refractivity contribution in [3.63, 3.8) is 0 Å². The first-order valence-corrected chi connectivity index (χ1v) is 12.3. The van der Waals surface area contributed by atoms with E-state index in [1.54, 1.807) is 41.7 Å². The number of ether oxygens (including phenoxy) is 2. The number of carbonyl (C=O) groups excluding carboxylic acids is 2. The third-order valence-corrected chi connectivity index (χ3v) is 6.90. The Labute approximate surface area is 213 Å². The molecule has 0 amide bonds. The standard InChI is InChI=1S/C29H25NO5S/c1-4-19-14-23(22-17-36-29-18(2)6-5-7-21(22)29)30-24(15-19)26(33)10-9-25(32)20-8-11-27(35-13-12-31)28(16-20)34-3/h1,5-8,11,14-17,31H,9-10,12-13H2,2-3H3. The molecule has 0 aliphatic carbocycles. The van der Waals surface area contributed by atoms with Gasteiger partial charge in [-0.25, -0.2) is 4.98 Å². The monoisotopic (exact) mass is 499 g/mol. The number of fused-ring (bicyclic) bond motifs is 1. The van der Waals surface area contributed by atoms with Crippen LogP contribution in [0.4, 0.5) is 0 Å². The molecule has 6 nitrogen and oxygen atoms in total. The molecule has 2 aromatic heterocycles. The number of methoxy groups -OCH3 is 1. The Hall–Kier alpha value is -3.99. The lowest BCUT2D eigenvalue weighted by atomic mass is 10.0. The topological polar surface area (TPSA) is 85.7 Å². The lowest BCUT2D eigenvalue weighted by Gasteiger charge is -2.11. The Bertz CT molecular complexity index is 1480. The highest BCUT2D eigenvalue weighted by molar-refractivity contribution is 7.18. The van der Waals surface area contributed by atoms with E-state index in [0.29, 0.717) is 28.3 Å².